The molecule has 3 rings (SSSR count). The standard InChI is InChI=1S/C17H15Cl3O6/c18-10-5-11(19)14(26-17(24)15(21)22)12(13(10)20)16(23)25-6-9-4-7-1-2-8(9)3-7/h5,7-9H,1-4,6H2,(H,21,22). The van der Waals surface area contributed by atoms with Gasteiger partial charge in [-0.25, -0.2) is 14.4 Å². The summed E-state index contributed by atoms with van der Waals surface area (Å²) in [6.07, 6.45) is 4.54. The first-order valence-electron chi connectivity index (χ1n) is 8.07. The van der Waals surface area contributed by atoms with Crippen LogP contribution in [0.2, 0.25) is 15.1 Å². The number of hydrogen-bond acceptors (Lipinski definition) is 5. The van der Waals surface area contributed by atoms with E-state index in [-0.39, 0.29) is 33.2 Å². The van der Waals surface area contributed by atoms with Crippen LogP contribution in [0.25, 0.3) is 0 Å². The molecule has 0 radical (unpaired) electrons. The average Bonchev–Trinajstić information content (AvgIpc) is 3.20. The van der Waals surface area contributed by atoms with Gasteiger partial charge >= 0.3 is 17.9 Å². The van der Waals surface area contributed by atoms with Crippen molar-refractivity contribution in [2.24, 2.45) is 17.8 Å². The smallest absolute Gasteiger partial charge is 0.422 e. The second-order valence-electron chi connectivity index (χ2n) is 6.59. The number of aliphatic carboxylic acids is 1. The topological polar surface area (TPSA) is 89.9 Å². The number of carbonyl (C=O) groups excluding carboxylic acids is 2. The van der Waals surface area contributed by atoms with E-state index in [1.807, 2.05) is 0 Å². The highest BCUT2D eigenvalue weighted by Gasteiger charge is 2.40. The van der Waals surface area contributed by atoms with Gasteiger partial charge in [0.15, 0.2) is 5.75 Å². The predicted octanol–water partition coefficient (Wildman–Crippen LogP) is 4.23. The zero-order valence-corrected chi connectivity index (χ0v) is 15.7. The van der Waals surface area contributed by atoms with E-state index in [1.165, 1.54) is 6.42 Å². The monoisotopic (exact) mass is 420 g/mol. The molecular formula is C17H15Cl3O6. The van der Waals surface area contributed by atoms with E-state index in [0.717, 1.165) is 25.3 Å². The third-order valence-electron chi connectivity index (χ3n) is 5.01. The molecule has 1 aromatic carbocycles. The molecule has 0 amide bonds. The maximum atomic E-state index is 12.5. The molecule has 140 valence electrons. The summed E-state index contributed by atoms with van der Waals surface area (Å²) in [6.45, 7) is 0.215. The van der Waals surface area contributed by atoms with Crippen molar-refractivity contribution in [3.8, 4) is 5.75 Å². The van der Waals surface area contributed by atoms with Gasteiger partial charge in [-0.2, -0.15) is 0 Å². The quantitative estimate of drug-likeness (QED) is 0.339. The van der Waals surface area contributed by atoms with Crippen LogP contribution in [0, 0.1) is 17.8 Å². The van der Waals surface area contributed by atoms with Crippen LogP contribution in [-0.2, 0) is 14.3 Å². The Morgan fingerprint density at radius 2 is 1.85 bits per heavy atom. The first-order valence-corrected chi connectivity index (χ1v) is 9.21. The highest BCUT2D eigenvalue weighted by molar-refractivity contribution is 6.46. The Bertz CT molecular complexity index is 778. The molecule has 2 bridgehead atoms. The van der Waals surface area contributed by atoms with Crippen LogP contribution in [0.15, 0.2) is 6.07 Å². The lowest BCUT2D eigenvalue weighted by atomic mass is 9.89. The van der Waals surface area contributed by atoms with Crippen molar-refractivity contribution in [3.63, 3.8) is 0 Å². The third-order valence-corrected chi connectivity index (χ3v) is 6.08. The van der Waals surface area contributed by atoms with Gasteiger partial charge in [-0.15, -0.1) is 0 Å². The van der Waals surface area contributed by atoms with E-state index in [4.69, 9.17) is 49.4 Å². The Labute approximate surface area is 164 Å². The molecule has 2 saturated carbocycles. The van der Waals surface area contributed by atoms with Gasteiger partial charge in [-0.3, -0.25) is 0 Å². The van der Waals surface area contributed by atoms with Crippen LogP contribution >= 0.6 is 34.8 Å². The minimum absolute atomic E-state index is 0.0429. The van der Waals surface area contributed by atoms with Crippen LogP contribution in [0.4, 0.5) is 0 Å². The van der Waals surface area contributed by atoms with E-state index in [0.29, 0.717) is 11.8 Å². The molecule has 26 heavy (non-hydrogen) atoms. The molecule has 1 aromatic rings. The van der Waals surface area contributed by atoms with Crippen LogP contribution in [0.3, 0.4) is 0 Å². The normalized spacial score (nSPS) is 23.7. The second-order valence-corrected chi connectivity index (χ2v) is 7.78. The van der Waals surface area contributed by atoms with E-state index < -0.39 is 23.7 Å². The molecule has 2 fully saturated rings. The Kier molecular flexibility index (Phi) is 5.65. The SMILES string of the molecule is O=C(O)C(=O)Oc1c(Cl)cc(Cl)c(Cl)c1C(=O)OCC1CC2CCC1C2. The molecule has 0 aromatic heterocycles. The summed E-state index contributed by atoms with van der Waals surface area (Å²) in [5.41, 5.74) is -0.359. The minimum Gasteiger partial charge on any atom is -0.473 e. The Morgan fingerprint density at radius 1 is 1.12 bits per heavy atom. The number of carboxylic acids is 1. The molecule has 1 N–H and O–H groups in total. The van der Waals surface area contributed by atoms with Gasteiger partial charge in [0.05, 0.1) is 21.7 Å². The zero-order valence-electron chi connectivity index (χ0n) is 13.5. The molecule has 0 heterocycles. The van der Waals surface area contributed by atoms with E-state index in [1.54, 1.807) is 0 Å². The molecule has 2 aliphatic rings. The average molecular weight is 422 g/mol. The van der Waals surface area contributed by atoms with Gasteiger partial charge in [-0.05, 0) is 43.1 Å². The van der Waals surface area contributed by atoms with Gasteiger partial charge in [0.1, 0.15) is 5.56 Å². The lowest BCUT2D eigenvalue weighted by Gasteiger charge is -2.21. The molecule has 2 aliphatic carbocycles. The minimum atomic E-state index is -1.84. The highest BCUT2D eigenvalue weighted by atomic mass is 35.5. The van der Waals surface area contributed by atoms with Crippen molar-refractivity contribution >= 4 is 52.7 Å². The second kappa shape index (κ2) is 7.62. The largest absolute Gasteiger partial charge is 0.473 e. The fourth-order valence-corrected chi connectivity index (χ4v) is 4.55. The molecule has 0 aliphatic heterocycles. The fourth-order valence-electron chi connectivity index (χ4n) is 3.83. The van der Waals surface area contributed by atoms with E-state index >= 15 is 0 Å². The number of fused-ring (bicyclic) bond motifs is 2. The summed E-state index contributed by atoms with van der Waals surface area (Å²) in [4.78, 5) is 34.7. The molecule has 3 atom stereocenters. The van der Waals surface area contributed by atoms with Crippen LogP contribution in [0.5, 0.6) is 5.75 Å². The van der Waals surface area contributed by atoms with Crippen molar-refractivity contribution in [1.82, 2.24) is 0 Å². The van der Waals surface area contributed by atoms with Crippen molar-refractivity contribution in [2.75, 3.05) is 6.61 Å². The van der Waals surface area contributed by atoms with E-state index in [9.17, 15) is 14.4 Å². The maximum absolute atomic E-state index is 12.5. The number of benzene rings is 1. The summed E-state index contributed by atoms with van der Waals surface area (Å²) in [6, 6.07) is 1.16. The Hall–Kier alpha value is -1.50. The third kappa shape index (κ3) is 3.77. The summed E-state index contributed by atoms with van der Waals surface area (Å²) >= 11 is 17.9. The van der Waals surface area contributed by atoms with Crippen molar-refractivity contribution in [2.45, 2.75) is 25.7 Å². The van der Waals surface area contributed by atoms with E-state index in [2.05, 4.69) is 0 Å². The molecular weight excluding hydrogens is 407 g/mol. The maximum Gasteiger partial charge on any atom is 0.422 e. The molecule has 0 saturated heterocycles. The molecule has 0 spiro atoms. The number of carbonyl (C=O) groups is 3. The number of halogens is 3. The summed E-state index contributed by atoms with van der Waals surface area (Å²) in [7, 11) is 0. The fraction of sp³-hybridized carbons (Fsp3) is 0.471. The van der Waals surface area contributed by atoms with Gasteiger partial charge in [-0.1, -0.05) is 41.2 Å². The predicted molar refractivity (Wildman–Crippen MR) is 94.0 cm³/mol. The summed E-state index contributed by atoms with van der Waals surface area (Å²) in [5.74, 6) is -3.26. The van der Waals surface area contributed by atoms with Crippen molar-refractivity contribution in [3.05, 3.63) is 26.7 Å². The Morgan fingerprint density at radius 3 is 2.42 bits per heavy atom. The zero-order chi connectivity index (χ0) is 19.0. The van der Waals surface area contributed by atoms with Gasteiger partial charge in [0.2, 0.25) is 0 Å². The molecule has 9 heteroatoms. The number of ether oxygens (including phenoxy) is 2. The van der Waals surface area contributed by atoms with Crippen LogP contribution in [0.1, 0.15) is 36.0 Å². The first-order chi connectivity index (χ1) is 12.3. The molecule has 3 unspecified atom stereocenters. The lowest BCUT2D eigenvalue weighted by Crippen LogP contribution is -2.23. The number of hydrogen-bond donors (Lipinski definition) is 1. The first kappa shape index (κ1) is 19.3. The Balaban J connectivity index is 1.81. The van der Waals surface area contributed by atoms with Gasteiger partial charge < -0.3 is 14.6 Å². The highest BCUT2D eigenvalue weighted by Crippen LogP contribution is 2.48. The van der Waals surface area contributed by atoms with Crippen LogP contribution < -0.4 is 4.74 Å². The number of rotatable bonds is 4. The summed E-state index contributed by atoms with van der Waals surface area (Å²) in [5, 5.41) is 8.22. The van der Waals surface area contributed by atoms with Crippen LogP contribution in [-0.4, -0.2) is 29.6 Å². The number of esters is 2. The number of carboxylic acid groups (broad SMARTS) is 1. The molecule has 6 nitrogen and oxygen atoms in total. The van der Waals surface area contributed by atoms with Gasteiger partial charge in [0.25, 0.3) is 0 Å². The summed E-state index contributed by atoms with van der Waals surface area (Å²) < 4.78 is 10.1. The van der Waals surface area contributed by atoms with Gasteiger partial charge in [0, 0.05) is 0 Å². The van der Waals surface area contributed by atoms with Crippen molar-refractivity contribution < 1.29 is 29.0 Å². The van der Waals surface area contributed by atoms with Crippen molar-refractivity contribution in [1.29, 1.82) is 0 Å². The lowest BCUT2D eigenvalue weighted by molar-refractivity contribution is -0.158.